The van der Waals surface area contributed by atoms with E-state index in [4.69, 9.17) is 5.53 Å². The molecule has 0 fully saturated rings. The van der Waals surface area contributed by atoms with E-state index in [1.807, 2.05) is 19.1 Å². The normalized spacial score (nSPS) is 11.8. The van der Waals surface area contributed by atoms with Gasteiger partial charge in [-0.2, -0.15) is 0 Å². The van der Waals surface area contributed by atoms with Gasteiger partial charge in [-0.1, -0.05) is 34.9 Å². The first-order valence-electron chi connectivity index (χ1n) is 3.53. The van der Waals surface area contributed by atoms with Crippen LogP contribution in [0.1, 0.15) is 17.4 Å². The molecular weight excluding hydrogens is 154 g/mol. The summed E-state index contributed by atoms with van der Waals surface area (Å²) < 4.78 is 0. The molecule has 0 spiro atoms. The van der Waals surface area contributed by atoms with E-state index < -0.39 is 6.23 Å². The molecule has 1 aromatic rings. The van der Waals surface area contributed by atoms with Crippen molar-refractivity contribution in [1.82, 2.24) is 0 Å². The highest BCUT2D eigenvalue weighted by molar-refractivity contribution is 5.22. The lowest BCUT2D eigenvalue weighted by molar-refractivity contribution is 0.186. The summed E-state index contributed by atoms with van der Waals surface area (Å²) in [6, 6.07) is 7.17. The second kappa shape index (κ2) is 3.76. The van der Waals surface area contributed by atoms with Crippen LogP contribution in [0.15, 0.2) is 29.4 Å². The molecule has 1 unspecified atom stereocenters. The van der Waals surface area contributed by atoms with Crippen molar-refractivity contribution in [1.29, 1.82) is 0 Å². The van der Waals surface area contributed by atoms with Gasteiger partial charge in [0.2, 0.25) is 0 Å². The molecule has 4 nitrogen and oxygen atoms in total. The molecule has 1 aromatic carbocycles. The molecule has 1 N–H and O–H groups in total. The maximum Gasteiger partial charge on any atom is 0.158 e. The molecule has 0 saturated heterocycles. The predicted octanol–water partition coefficient (Wildman–Crippen LogP) is 2.30. The van der Waals surface area contributed by atoms with Gasteiger partial charge >= 0.3 is 0 Å². The summed E-state index contributed by atoms with van der Waals surface area (Å²) in [7, 11) is 0. The largest absolute Gasteiger partial charge is 0.382 e. The van der Waals surface area contributed by atoms with Crippen molar-refractivity contribution in [3.63, 3.8) is 0 Å². The van der Waals surface area contributed by atoms with E-state index in [9.17, 15) is 5.11 Å². The van der Waals surface area contributed by atoms with Crippen molar-refractivity contribution >= 4 is 0 Å². The lowest BCUT2D eigenvalue weighted by atomic mass is 10.1. The first-order valence-corrected chi connectivity index (χ1v) is 3.53. The Morgan fingerprint density at radius 2 is 2.00 bits per heavy atom. The van der Waals surface area contributed by atoms with Gasteiger partial charge in [0, 0.05) is 4.91 Å². The number of aryl methyl sites for hydroxylation is 1. The zero-order chi connectivity index (χ0) is 8.97. The van der Waals surface area contributed by atoms with E-state index in [-0.39, 0.29) is 0 Å². The van der Waals surface area contributed by atoms with Crippen molar-refractivity contribution in [3.8, 4) is 0 Å². The molecule has 0 bridgehead atoms. The third-order valence-electron chi connectivity index (χ3n) is 1.54. The van der Waals surface area contributed by atoms with Crippen LogP contribution in [0.3, 0.4) is 0 Å². The number of rotatable bonds is 2. The Labute approximate surface area is 70.1 Å². The first kappa shape index (κ1) is 8.59. The summed E-state index contributed by atoms with van der Waals surface area (Å²) in [5.74, 6) is 0. The van der Waals surface area contributed by atoms with Gasteiger partial charge < -0.3 is 5.11 Å². The van der Waals surface area contributed by atoms with Crippen LogP contribution in [0.25, 0.3) is 10.4 Å². The summed E-state index contributed by atoms with van der Waals surface area (Å²) in [6.07, 6.45) is -1.07. The molecule has 0 radical (unpaired) electrons. The molecule has 0 heterocycles. The highest BCUT2D eigenvalue weighted by Gasteiger charge is 2.02. The second-order valence-corrected chi connectivity index (χ2v) is 2.49. The van der Waals surface area contributed by atoms with Gasteiger partial charge in [-0.25, -0.2) is 0 Å². The molecule has 1 rings (SSSR count). The maximum absolute atomic E-state index is 9.19. The summed E-state index contributed by atoms with van der Waals surface area (Å²) in [5, 5.41) is 12.4. The molecule has 12 heavy (non-hydrogen) atoms. The number of hydrogen-bond acceptors (Lipinski definition) is 2. The van der Waals surface area contributed by atoms with Gasteiger partial charge in [-0.15, -0.1) is 0 Å². The number of aliphatic hydroxyl groups is 1. The van der Waals surface area contributed by atoms with Crippen LogP contribution in [0, 0.1) is 6.92 Å². The van der Waals surface area contributed by atoms with Crippen LogP contribution in [0.2, 0.25) is 0 Å². The average Bonchev–Trinajstić information content (AvgIpc) is 2.06. The zero-order valence-corrected chi connectivity index (χ0v) is 6.68. The lowest BCUT2D eigenvalue weighted by Crippen LogP contribution is -1.91. The predicted molar refractivity (Wildman–Crippen MR) is 45.3 cm³/mol. The highest BCUT2D eigenvalue weighted by Crippen LogP contribution is 2.14. The average molecular weight is 163 g/mol. The smallest absolute Gasteiger partial charge is 0.158 e. The van der Waals surface area contributed by atoms with Crippen molar-refractivity contribution in [2.24, 2.45) is 5.11 Å². The number of benzene rings is 1. The van der Waals surface area contributed by atoms with Crippen LogP contribution in [0.4, 0.5) is 0 Å². The van der Waals surface area contributed by atoms with Gasteiger partial charge in [0.25, 0.3) is 0 Å². The number of azide groups is 1. The van der Waals surface area contributed by atoms with E-state index in [2.05, 4.69) is 10.0 Å². The third-order valence-corrected chi connectivity index (χ3v) is 1.54. The first-order chi connectivity index (χ1) is 5.74. The van der Waals surface area contributed by atoms with Gasteiger partial charge in [-0.05, 0) is 18.0 Å². The van der Waals surface area contributed by atoms with Crippen LogP contribution < -0.4 is 0 Å². The number of nitrogens with zero attached hydrogens (tertiary/aromatic N) is 3. The SMILES string of the molecule is Cc1ccc(C(O)N=[N+]=[N-])cc1. The fraction of sp³-hybridized carbons (Fsp3) is 0.250. The molecule has 1 atom stereocenters. The number of aliphatic hydroxyl groups excluding tert-OH is 1. The fourth-order valence-electron chi connectivity index (χ4n) is 0.854. The van der Waals surface area contributed by atoms with Crippen LogP contribution in [0.5, 0.6) is 0 Å². The summed E-state index contributed by atoms with van der Waals surface area (Å²) in [6.45, 7) is 1.95. The van der Waals surface area contributed by atoms with E-state index in [0.29, 0.717) is 5.56 Å². The molecule has 0 saturated carbocycles. The molecule has 62 valence electrons. The Morgan fingerprint density at radius 3 is 2.50 bits per heavy atom. The zero-order valence-electron chi connectivity index (χ0n) is 6.68. The standard InChI is InChI=1S/C8H9N3O/c1-6-2-4-7(5-3-6)8(12)10-11-9/h2-5,8,12H,1H3. The maximum atomic E-state index is 9.19. The Kier molecular flexibility index (Phi) is 2.69. The summed E-state index contributed by atoms with van der Waals surface area (Å²) >= 11 is 0. The summed E-state index contributed by atoms with van der Waals surface area (Å²) in [4.78, 5) is 2.51. The monoisotopic (exact) mass is 163 g/mol. The molecular formula is C8H9N3O. The minimum atomic E-state index is -1.07. The Morgan fingerprint density at radius 1 is 1.42 bits per heavy atom. The van der Waals surface area contributed by atoms with Crippen LogP contribution >= 0.6 is 0 Å². The van der Waals surface area contributed by atoms with E-state index in [1.165, 1.54) is 0 Å². The van der Waals surface area contributed by atoms with Crippen molar-refractivity contribution in [3.05, 3.63) is 45.8 Å². The van der Waals surface area contributed by atoms with Gasteiger partial charge in [-0.3, -0.25) is 0 Å². The highest BCUT2D eigenvalue weighted by atomic mass is 16.3. The minimum absolute atomic E-state index is 0.610. The van der Waals surface area contributed by atoms with E-state index >= 15 is 0 Å². The van der Waals surface area contributed by atoms with E-state index in [1.54, 1.807) is 12.1 Å². The van der Waals surface area contributed by atoms with Crippen LogP contribution in [-0.2, 0) is 0 Å². The van der Waals surface area contributed by atoms with Crippen LogP contribution in [-0.4, -0.2) is 5.11 Å². The molecule has 0 aliphatic heterocycles. The topological polar surface area (TPSA) is 69.0 Å². The summed E-state index contributed by atoms with van der Waals surface area (Å²) in [5.41, 5.74) is 9.76. The molecule has 0 amide bonds. The molecule has 0 aliphatic carbocycles. The van der Waals surface area contributed by atoms with Gasteiger partial charge in [0.15, 0.2) is 6.23 Å². The van der Waals surface area contributed by atoms with Crippen molar-refractivity contribution in [2.45, 2.75) is 13.2 Å². The third kappa shape index (κ3) is 1.99. The lowest BCUT2D eigenvalue weighted by Gasteiger charge is -2.02. The van der Waals surface area contributed by atoms with E-state index in [0.717, 1.165) is 5.56 Å². The molecule has 4 heteroatoms. The molecule has 0 aliphatic rings. The quantitative estimate of drug-likeness (QED) is 0.405. The van der Waals surface area contributed by atoms with Crippen molar-refractivity contribution < 1.29 is 5.11 Å². The molecule has 0 aromatic heterocycles. The Bertz CT molecular complexity index is 301. The van der Waals surface area contributed by atoms with Crippen molar-refractivity contribution in [2.75, 3.05) is 0 Å². The number of hydrogen-bond donors (Lipinski definition) is 1. The minimum Gasteiger partial charge on any atom is -0.382 e. The van der Waals surface area contributed by atoms with Gasteiger partial charge in [0.1, 0.15) is 0 Å². The van der Waals surface area contributed by atoms with Gasteiger partial charge in [0.05, 0.1) is 0 Å². The Hall–Kier alpha value is -1.51. The second-order valence-electron chi connectivity index (χ2n) is 2.49. The Balaban J connectivity index is 2.89. The fourth-order valence-corrected chi connectivity index (χ4v) is 0.854.